The predicted molar refractivity (Wildman–Crippen MR) is 132 cm³/mol. The summed E-state index contributed by atoms with van der Waals surface area (Å²) in [7, 11) is 0. The van der Waals surface area contributed by atoms with Crippen LogP contribution in [0.3, 0.4) is 0 Å². The zero-order valence-electron chi connectivity index (χ0n) is 19.9. The van der Waals surface area contributed by atoms with Crippen LogP contribution in [0.1, 0.15) is 148 Å². The van der Waals surface area contributed by atoms with Crippen LogP contribution in [0.15, 0.2) is 24.3 Å². The molecule has 1 heteroatoms. The molecule has 170 valence electrons. The molecule has 0 heterocycles. The first-order valence-corrected chi connectivity index (χ1v) is 13.1. The molecule has 0 spiro atoms. The Balaban J connectivity index is 3.70. The van der Waals surface area contributed by atoms with E-state index in [2.05, 4.69) is 19.6 Å². The van der Waals surface area contributed by atoms with Crippen molar-refractivity contribution in [2.75, 3.05) is 0 Å². The van der Waals surface area contributed by atoms with Gasteiger partial charge in [0, 0.05) is 6.42 Å². The van der Waals surface area contributed by atoms with E-state index in [1.165, 1.54) is 122 Å². The van der Waals surface area contributed by atoms with Crippen LogP contribution >= 0.6 is 0 Å². The number of aldehydes is 1. The lowest BCUT2D eigenvalue weighted by Crippen LogP contribution is -1.89. The second kappa shape index (κ2) is 25.2. The first-order valence-electron chi connectivity index (χ1n) is 13.1. The summed E-state index contributed by atoms with van der Waals surface area (Å²) in [4.78, 5) is 10.6. The van der Waals surface area contributed by atoms with Crippen molar-refractivity contribution in [2.45, 2.75) is 148 Å². The average molecular weight is 405 g/mol. The van der Waals surface area contributed by atoms with Gasteiger partial charge in [-0.3, -0.25) is 0 Å². The molecule has 0 amide bonds. The molecule has 0 aliphatic rings. The summed E-state index contributed by atoms with van der Waals surface area (Å²) in [5.74, 6) is 0. The van der Waals surface area contributed by atoms with Gasteiger partial charge < -0.3 is 4.79 Å². The van der Waals surface area contributed by atoms with Crippen molar-refractivity contribution in [1.29, 1.82) is 0 Å². The van der Waals surface area contributed by atoms with Crippen LogP contribution in [0.4, 0.5) is 0 Å². The van der Waals surface area contributed by atoms with Gasteiger partial charge in [0.15, 0.2) is 0 Å². The standard InChI is InChI=1S/C28H52O/c1-3-5-7-9-11-12-13-14-15-17-19-21-25-28(26-22-23-27-29)24-20-18-16-10-8-6-4-2/h3,24,27H,1,4-23,25-26H2,2H3/b28-24-. The largest absolute Gasteiger partial charge is 0.303 e. The third kappa shape index (κ3) is 23.3. The number of carbonyl (C=O) groups excluding carboxylic acids is 1. The highest BCUT2D eigenvalue weighted by Gasteiger charge is 2.00. The molecule has 1 nitrogen and oxygen atoms in total. The van der Waals surface area contributed by atoms with Gasteiger partial charge >= 0.3 is 0 Å². The van der Waals surface area contributed by atoms with Crippen LogP contribution < -0.4 is 0 Å². The highest BCUT2D eigenvalue weighted by molar-refractivity contribution is 5.49. The third-order valence-corrected chi connectivity index (χ3v) is 5.97. The van der Waals surface area contributed by atoms with E-state index >= 15 is 0 Å². The Kier molecular flexibility index (Phi) is 24.4. The van der Waals surface area contributed by atoms with Crippen molar-refractivity contribution in [1.82, 2.24) is 0 Å². The van der Waals surface area contributed by atoms with E-state index < -0.39 is 0 Å². The first kappa shape index (κ1) is 28.1. The van der Waals surface area contributed by atoms with Crippen LogP contribution in [0, 0.1) is 0 Å². The minimum Gasteiger partial charge on any atom is -0.303 e. The van der Waals surface area contributed by atoms with Crippen LogP contribution in [-0.4, -0.2) is 6.29 Å². The zero-order valence-corrected chi connectivity index (χ0v) is 19.9. The lowest BCUT2D eigenvalue weighted by molar-refractivity contribution is -0.107. The summed E-state index contributed by atoms with van der Waals surface area (Å²) in [5, 5.41) is 0. The van der Waals surface area contributed by atoms with Crippen LogP contribution in [0.2, 0.25) is 0 Å². The van der Waals surface area contributed by atoms with Gasteiger partial charge in [-0.05, 0) is 51.4 Å². The highest BCUT2D eigenvalue weighted by atomic mass is 16.1. The summed E-state index contributed by atoms with van der Waals surface area (Å²) in [6.45, 7) is 6.07. The molecule has 0 saturated carbocycles. The third-order valence-electron chi connectivity index (χ3n) is 5.97. The molecule has 0 unspecified atom stereocenters. The van der Waals surface area contributed by atoms with Crippen LogP contribution in [-0.2, 0) is 4.79 Å². The van der Waals surface area contributed by atoms with E-state index in [4.69, 9.17) is 0 Å². The maximum absolute atomic E-state index is 10.6. The van der Waals surface area contributed by atoms with Gasteiger partial charge in [-0.1, -0.05) is 108 Å². The van der Waals surface area contributed by atoms with Gasteiger partial charge in [0.05, 0.1) is 0 Å². The first-order chi connectivity index (χ1) is 14.3. The molecule has 0 radical (unpaired) electrons. The van der Waals surface area contributed by atoms with Crippen molar-refractivity contribution in [3.05, 3.63) is 24.3 Å². The van der Waals surface area contributed by atoms with E-state index in [9.17, 15) is 4.79 Å². The fraction of sp³-hybridized carbons (Fsp3) is 0.821. The summed E-state index contributed by atoms with van der Waals surface area (Å²) < 4.78 is 0. The van der Waals surface area contributed by atoms with E-state index in [-0.39, 0.29) is 0 Å². The quantitative estimate of drug-likeness (QED) is 0.0888. The Morgan fingerprint density at radius 2 is 1.07 bits per heavy atom. The number of hydrogen-bond acceptors (Lipinski definition) is 1. The molecule has 0 aliphatic carbocycles. The van der Waals surface area contributed by atoms with E-state index in [0.29, 0.717) is 0 Å². The molecule has 0 bridgehead atoms. The van der Waals surface area contributed by atoms with Gasteiger partial charge in [0.25, 0.3) is 0 Å². The van der Waals surface area contributed by atoms with Gasteiger partial charge in [0.2, 0.25) is 0 Å². The summed E-state index contributed by atoms with van der Waals surface area (Å²) in [6.07, 6.45) is 34.4. The van der Waals surface area contributed by atoms with Crippen LogP contribution in [0.5, 0.6) is 0 Å². The molecular formula is C28H52O. The SMILES string of the molecule is C=CCCCCCCCCCCCC/C(=C/CCCCCCCC)CCCC=O. The minimum atomic E-state index is 0.724. The second-order valence-corrected chi connectivity index (χ2v) is 8.84. The minimum absolute atomic E-state index is 0.724. The highest BCUT2D eigenvalue weighted by Crippen LogP contribution is 2.19. The summed E-state index contributed by atoms with van der Waals surface area (Å²) in [5.41, 5.74) is 1.62. The van der Waals surface area contributed by atoms with Gasteiger partial charge in [-0.25, -0.2) is 0 Å². The molecule has 0 aromatic heterocycles. The number of unbranched alkanes of at least 4 members (excludes halogenated alkanes) is 17. The van der Waals surface area contributed by atoms with E-state index in [1.807, 2.05) is 6.08 Å². The van der Waals surface area contributed by atoms with E-state index in [0.717, 1.165) is 25.5 Å². The predicted octanol–water partition coefficient (Wildman–Crippen LogP) is 9.90. The van der Waals surface area contributed by atoms with Gasteiger partial charge in [0.1, 0.15) is 6.29 Å². The Morgan fingerprint density at radius 3 is 1.62 bits per heavy atom. The fourth-order valence-corrected chi connectivity index (χ4v) is 4.03. The molecule has 0 fully saturated rings. The van der Waals surface area contributed by atoms with E-state index in [1.54, 1.807) is 5.57 Å². The normalized spacial score (nSPS) is 11.7. The molecular weight excluding hydrogens is 352 g/mol. The molecule has 0 N–H and O–H groups in total. The second-order valence-electron chi connectivity index (χ2n) is 8.84. The number of carbonyl (C=O) groups is 1. The molecule has 29 heavy (non-hydrogen) atoms. The Morgan fingerprint density at radius 1 is 0.586 bits per heavy atom. The van der Waals surface area contributed by atoms with Crippen molar-refractivity contribution in [3.63, 3.8) is 0 Å². The number of allylic oxidation sites excluding steroid dienone is 3. The number of hydrogen-bond donors (Lipinski definition) is 0. The molecule has 0 atom stereocenters. The summed E-state index contributed by atoms with van der Waals surface area (Å²) in [6, 6.07) is 0. The van der Waals surface area contributed by atoms with Crippen molar-refractivity contribution < 1.29 is 4.79 Å². The smallest absolute Gasteiger partial charge is 0.120 e. The molecule has 0 aliphatic heterocycles. The fourth-order valence-electron chi connectivity index (χ4n) is 4.03. The Hall–Kier alpha value is -0.850. The lowest BCUT2D eigenvalue weighted by atomic mass is 9.98. The van der Waals surface area contributed by atoms with Crippen LogP contribution in [0.25, 0.3) is 0 Å². The van der Waals surface area contributed by atoms with Crippen molar-refractivity contribution in [2.24, 2.45) is 0 Å². The zero-order chi connectivity index (χ0) is 21.3. The molecule has 0 rings (SSSR count). The summed E-state index contributed by atoms with van der Waals surface area (Å²) >= 11 is 0. The number of rotatable bonds is 24. The Labute approximate surface area is 183 Å². The Bertz CT molecular complexity index is 369. The lowest BCUT2D eigenvalue weighted by Gasteiger charge is -2.08. The van der Waals surface area contributed by atoms with Crippen molar-refractivity contribution in [3.8, 4) is 0 Å². The maximum atomic E-state index is 10.6. The van der Waals surface area contributed by atoms with Gasteiger partial charge in [-0.2, -0.15) is 0 Å². The van der Waals surface area contributed by atoms with Gasteiger partial charge in [-0.15, -0.1) is 6.58 Å². The monoisotopic (exact) mass is 404 g/mol. The van der Waals surface area contributed by atoms with Crippen molar-refractivity contribution >= 4 is 6.29 Å². The molecule has 0 saturated heterocycles. The molecule has 0 aromatic rings. The maximum Gasteiger partial charge on any atom is 0.120 e. The topological polar surface area (TPSA) is 17.1 Å². The average Bonchev–Trinajstić information content (AvgIpc) is 2.73. The molecule has 0 aromatic carbocycles.